The van der Waals surface area contributed by atoms with E-state index in [-0.39, 0.29) is 11.8 Å². The highest BCUT2D eigenvalue weighted by molar-refractivity contribution is 5.99. The Morgan fingerprint density at radius 3 is 1.33 bits per heavy atom. The van der Waals surface area contributed by atoms with Gasteiger partial charge in [-0.25, -0.2) is 0 Å². The van der Waals surface area contributed by atoms with Crippen molar-refractivity contribution in [2.75, 3.05) is 13.1 Å². The van der Waals surface area contributed by atoms with E-state index in [0.717, 1.165) is 25.7 Å². The van der Waals surface area contributed by atoms with Crippen molar-refractivity contribution in [3.63, 3.8) is 0 Å². The molecule has 0 aliphatic heterocycles. The van der Waals surface area contributed by atoms with Crippen LogP contribution in [0.2, 0.25) is 0 Å². The zero-order chi connectivity index (χ0) is 21.9. The third-order valence-electron chi connectivity index (χ3n) is 4.49. The van der Waals surface area contributed by atoms with Crippen LogP contribution in [-0.4, -0.2) is 36.7 Å². The molecule has 0 heterocycles. The Hall–Kier alpha value is -3.68. The van der Waals surface area contributed by atoms with Gasteiger partial charge in [-0.05, 0) is 49.2 Å². The van der Waals surface area contributed by atoms with E-state index in [0.29, 0.717) is 35.3 Å². The van der Waals surface area contributed by atoms with Gasteiger partial charge >= 0.3 is 0 Å². The zero-order valence-electron chi connectivity index (χ0n) is 16.6. The van der Waals surface area contributed by atoms with Crippen LogP contribution in [0.1, 0.15) is 67.1 Å². The minimum Gasteiger partial charge on any atom is -0.366 e. The molecular weight excluding hydrogens is 384 g/mol. The van der Waals surface area contributed by atoms with Gasteiger partial charge in [0.1, 0.15) is 0 Å². The number of carbonyl (C=O) groups is 4. The summed E-state index contributed by atoms with van der Waals surface area (Å²) in [6.07, 6.45) is 3.40. The van der Waals surface area contributed by atoms with Gasteiger partial charge in [0.25, 0.3) is 11.8 Å². The molecule has 2 aromatic rings. The number of amides is 4. The Morgan fingerprint density at radius 2 is 0.967 bits per heavy atom. The first-order chi connectivity index (χ1) is 14.4. The molecule has 4 amide bonds. The topological polar surface area (TPSA) is 144 Å². The summed E-state index contributed by atoms with van der Waals surface area (Å²) in [6, 6.07) is 12.6. The van der Waals surface area contributed by atoms with Gasteiger partial charge in [0.05, 0.1) is 0 Å². The van der Waals surface area contributed by atoms with Crippen LogP contribution in [0.25, 0.3) is 0 Å². The Labute approximate surface area is 175 Å². The Kier molecular flexibility index (Phi) is 8.56. The van der Waals surface area contributed by atoms with Gasteiger partial charge < -0.3 is 22.1 Å². The van der Waals surface area contributed by atoms with Crippen molar-refractivity contribution in [1.29, 1.82) is 0 Å². The molecule has 8 nitrogen and oxygen atoms in total. The number of nitrogens with one attached hydrogen (secondary N) is 2. The number of unbranched alkanes of at least 4 members (excludes halogenated alkanes) is 3. The SMILES string of the molecule is NC(=O)c1cccc(C(=O)NCCCCCCNC(=O)c2cccc(C(N)=O)c2)c1. The lowest BCUT2D eigenvalue weighted by molar-refractivity contribution is 0.0942. The molecule has 0 unspecified atom stereocenters. The summed E-state index contributed by atoms with van der Waals surface area (Å²) >= 11 is 0. The predicted molar refractivity (Wildman–Crippen MR) is 113 cm³/mol. The lowest BCUT2D eigenvalue weighted by atomic mass is 10.1. The van der Waals surface area contributed by atoms with E-state index in [1.54, 1.807) is 36.4 Å². The summed E-state index contributed by atoms with van der Waals surface area (Å²) in [6.45, 7) is 1.04. The van der Waals surface area contributed by atoms with E-state index in [1.807, 2.05) is 0 Å². The van der Waals surface area contributed by atoms with Crippen LogP contribution in [0.3, 0.4) is 0 Å². The first-order valence-corrected chi connectivity index (χ1v) is 9.74. The highest BCUT2D eigenvalue weighted by atomic mass is 16.2. The van der Waals surface area contributed by atoms with Crippen molar-refractivity contribution in [3.05, 3.63) is 70.8 Å². The van der Waals surface area contributed by atoms with E-state index < -0.39 is 11.8 Å². The first kappa shape index (κ1) is 22.6. The number of rotatable bonds is 11. The molecule has 0 spiro atoms. The summed E-state index contributed by atoms with van der Waals surface area (Å²) in [5, 5.41) is 5.62. The van der Waals surface area contributed by atoms with Crippen LogP contribution < -0.4 is 22.1 Å². The number of carbonyl (C=O) groups excluding carboxylic acids is 4. The van der Waals surface area contributed by atoms with Crippen LogP contribution in [-0.2, 0) is 0 Å². The highest BCUT2D eigenvalue weighted by Gasteiger charge is 2.09. The number of benzene rings is 2. The Balaban J connectivity index is 1.60. The number of hydrogen-bond acceptors (Lipinski definition) is 4. The maximum atomic E-state index is 12.1. The van der Waals surface area contributed by atoms with Crippen LogP contribution in [0.5, 0.6) is 0 Å². The second kappa shape index (κ2) is 11.4. The summed E-state index contributed by atoms with van der Waals surface area (Å²) in [5.74, 6) is -1.64. The van der Waals surface area contributed by atoms with Crippen LogP contribution in [0.4, 0.5) is 0 Å². The lowest BCUT2D eigenvalue weighted by Gasteiger charge is -2.07. The van der Waals surface area contributed by atoms with E-state index in [1.165, 1.54) is 12.1 Å². The molecule has 0 radical (unpaired) electrons. The van der Waals surface area contributed by atoms with Gasteiger partial charge in [-0.15, -0.1) is 0 Å². The minimum absolute atomic E-state index is 0.247. The third-order valence-corrected chi connectivity index (χ3v) is 4.49. The number of nitrogens with two attached hydrogens (primary N) is 2. The summed E-state index contributed by atoms with van der Waals surface area (Å²) in [4.78, 5) is 46.5. The second-order valence-electron chi connectivity index (χ2n) is 6.82. The largest absolute Gasteiger partial charge is 0.366 e. The maximum Gasteiger partial charge on any atom is 0.251 e. The molecule has 0 atom stereocenters. The van der Waals surface area contributed by atoms with Gasteiger partial charge in [-0.3, -0.25) is 19.2 Å². The molecule has 6 N–H and O–H groups in total. The summed E-state index contributed by atoms with van der Waals surface area (Å²) in [5.41, 5.74) is 11.8. The molecule has 0 aromatic heterocycles. The molecule has 158 valence electrons. The van der Waals surface area contributed by atoms with E-state index >= 15 is 0 Å². The van der Waals surface area contributed by atoms with Gasteiger partial charge in [-0.1, -0.05) is 25.0 Å². The van der Waals surface area contributed by atoms with Crippen LogP contribution in [0.15, 0.2) is 48.5 Å². The third kappa shape index (κ3) is 7.05. The molecule has 30 heavy (non-hydrogen) atoms. The predicted octanol–water partition coefficient (Wildman–Crippen LogP) is 1.60. The molecule has 2 aromatic carbocycles. The molecule has 0 aliphatic carbocycles. The van der Waals surface area contributed by atoms with Crippen molar-refractivity contribution in [2.45, 2.75) is 25.7 Å². The van der Waals surface area contributed by atoms with Crippen LogP contribution in [0, 0.1) is 0 Å². The molecule has 8 heteroatoms. The minimum atomic E-state index is -0.572. The van der Waals surface area contributed by atoms with Crippen molar-refractivity contribution in [1.82, 2.24) is 10.6 Å². The Bertz CT molecular complexity index is 851. The van der Waals surface area contributed by atoms with E-state index in [2.05, 4.69) is 10.6 Å². The molecule has 0 fully saturated rings. The van der Waals surface area contributed by atoms with E-state index in [4.69, 9.17) is 11.5 Å². The van der Waals surface area contributed by atoms with Gasteiger partial charge in [0.15, 0.2) is 0 Å². The monoisotopic (exact) mass is 410 g/mol. The summed E-state index contributed by atoms with van der Waals surface area (Å²) in [7, 11) is 0. The number of primary amides is 2. The molecule has 0 saturated heterocycles. The zero-order valence-corrected chi connectivity index (χ0v) is 16.6. The molecule has 0 aliphatic rings. The second-order valence-corrected chi connectivity index (χ2v) is 6.82. The quantitative estimate of drug-likeness (QED) is 0.417. The highest BCUT2D eigenvalue weighted by Crippen LogP contribution is 2.06. The standard InChI is InChI=1S/C22H26N4O4/c23-19(27)15-7-5-9-17(13-15)21(29)25-11-3-1-2-4-12-26-22(30)18-10-6-8-16(14-18)20(24)28/h5-10,13-14H,1-4,11-12H2,(H2,23,27)(H2,24,28)(H,25,29)(H,26,30). The molecule has 0 bridgehead atoms. The fourth-order valence-corrected chi connectivity index (χ4v) is 2.84. The number of hydrogen-bond donors (Lipinski definition) is 4. The van der Waals surface area contributed by atoms with E-state index in [9.17, 15) is 19.2 Å². The fourth-order valence-electron chi connectivity index (χ4n) is 2.84. The maximum absolute atomic E-state index is 12.1. The average Bonchev–Trinajstić information content (AvgIpc) is 2.75. The molecule has 2 rings (SSSR count). The van der Waals surface area contributed by atoms with Gasteiger partial charge in [0.2, 0.25) is 11.8 Å². The van der Waals surface area contributed by atoms with Crippen LogP contribution >= 0.6 is 0 Å². The van der Waals surface area contributed by atoms with Gasteiger partial charge in [0, 0.05) is 35.3 Å². The fraction of sp³-hybridized carbons (Fsp3) is 0.273. The Morgan fingerprint density at radius 1 is 0.600 bits per heavy atom. The molecule has 0 saturated carbocycles. The normalized spacial score (nSPS) is 10.3. The summed E-state index contributed by atoms with van der Waals surface area (Å²) < 4.78 is 0. The van der Waals surface area contributed by atoms with Gasteiger partial charge in [-0.2, -0.15) is 0 Å². The average molecular weight is 410 g/mol. The first-order valence-electron chi connectivity index (χ1n) is 9.74. The smallest absolute Gasteiger partial charge is 0.251 e. The van der Waals surface area contributed by atoms with Crippen molar-refractivity contribution < 1.29 is 19.2 Å². The van der Waals surface area contributed by atoms with Crippen molar-refractivity contribution in [2.24, 2.45) is 11.5 Å². The van der Waals surface area contributed by atoms with Crippen molar-refractivity contribution >= 4 is 23.6 Å². The lowest BCUT2D eigenvalue weighted by Crippen LogP contribution is -2.25. The van der Waals surface area contributed by atoms with Crippen molar-refractivity contribution in [3.8, 4) is 0 Å². The molecular formula is C22H26N4O4.